The summed E-state index contributed by atoms with van der Waals surface area (Å²) in [6.07, 6.45) is 2.00. The highest BCUT2D eigenvalue weighted by Gasteiger charge is 2.53. The van der Waals surface area contributed by atoms with Crippen molar-refractivity contribution in [2.75, 3.05) is 30.3 Å². The number of carboxylic acids is 1. The summed E-state index contributed by atoms with van der Waals surface area (Å²) in [5.41, 5.74) is 35.9. The number of benzene rings is 4. The second kappa shape index (κ2) is 32.0. The first-order chi connectivity index (χ1) is 41.5. The van der Waals surface area contributed by atoms with Crippen LogP contribution in [-0.2, 0) is 55.1 Å². The number of guanidine groups is 1. The van der Waals surface area contributed by atoms with Crippen LogP contribution in [0.5, 0.6) is 11.5 Å². The lowest BCUT2D eigenvalue weighted by atomic mass is 9.77. The molecule has 0 aliphatic carbocycles. The second-order valence-corrected chi connectivity index (χ2v) is 22.1. The number of carbonyl (C=O) groups excluding carboxylic acids is 8. The Kier molecular flexibility index (Phi) is 24.7. The fourth-order valence-electron chi connectivity index (χ4n) is 10.3. The smallest absolute Gasteiger partial charge is 0.340 e. The third-order valence-electron chi connectivity index (χ3n) is 14.8. The van der Waals surface area contributed by atoms with Crippen LogP contribution in [0.15, 0.2) is 96.0 Å². The highest BCUT2D eigenvalue weighted by molar-refractivity contribution is 6.00. The maximum absolute atomic E-state index is 14.5. The quantitative estimate of drug-likeness (QED) is 0.0137. The Morgan fingerprint density at radius 2 is 1.11 bits per heavy atom. The number of primary amides is 1. The average Bonchev–Trinajstić information content (AvgIpc) is 1.64. The number of hydrogen-bond acceptors (Lipinski definition) is 16. The molecule has 0 saturated heterocycles. The van der Waals surface area contributed by atoms with Gasteiger partial charge in [0.05, 0.1) is 23.7 Å². The van der Waals surface area contributed by atoms with Crippen molar-refractivity contribution in [2.24, 2.45) is 45.3 Å². The number of rotatable bonds is 34. The van der Waals surface area contributed by atoms with Gasteiger partial charge in [0.2, 0.25) is 41.4 Å². The predicted octanol–water partition coefficient (Wildman–Crippen LogP) is 1.70. The van der Waals surface area contributed by atoms with Crippen LogP contribution in [0.3, 0.4) is 0 Å². The largest absolute Gasteiger partial charge is 0.480 e. The van der Waals surface area contributed by atoms with E-state index in [-0.39, 0.29) is 93.6 Å². The molecule has 0 aromatic heterocycles. The van der Waals surface area contributed by atoms with E-state index in [0.717, 1.165) is 0 Å². The van der Waals surface area contributed by atoms with Crippen molar-refractivity contribution >= 4 is 70.6 Å². The predicted molar refractivity (Wildman–Crippen MR) is 325 cm³/mol. The van der Waals surface area contributed by atoms with E-state index in [1.54, 1.807) is 84.9 Å². The summed E-state index contributed by atoms with van der Waals surface area (Å²) >= 11 is 0. The number of aliphatic carboxylic acids is 1. The minimum atomic E-state index is -1.51. The highest BCUT2D eigenvalue weighted by atomic mass is 16.6. The van der Waals surface area contributed by atoms with Gasteiger partial charge in [0.25, 0.3) is 0 Å². The molecular weight excluding hydrogens is 1120 g/mol. The molecule has 0 saturated carbocycles. The molecule has 468 valence electrons. The van der Waals surface area contributed by atoms with Crippen LogP contribution in [0.25, 0.3) is 0 Å². The molecular formula is C61H82N14O12. The number of nitrogens with one attached hydrogen (secondary N) is 7. The van der Waals surface area contributed by atoms with Gasteiger partial charge in [0.1, 0.15) is 35.7 Å². The highest BCUT2D eigenvalue weighted by Crippen LogP contribution is 2.56. The number of amides is 7. The Hall–Kier alpha value is -8.98. The van der Waals surface area contributed by atoms with Gasteiger partial charge in [-0.1, -0.05) is 68.8 Å². The van der Waals surface area contributed by atoms with Crippen LogP contribution in [0.2, 0.25) is 0 Å². The number of aliphatic imine (C=N–C) groups is 1. The van der Waals surface area contributed by atoms with Crippen molar-refractivity contribution in [3.8, 4) is 11.5 Å². The van der Waals surface area contributed by atoms with E-state index in [1.165, 1.54) is 13.0 Å². The van der Waals surface area contributed by atoms with E-state index in [0.29, 0.717) is 65.6 Å². The average molecular weight is 1200 g/mol. The van der Waals surface area contributed by atoms with Gasteiger partial charge in [-0.25, -0.2) is 9.59 Å². The number of nitrogens with zero attached hydrogens (tertiary/aromatic N) is 1. The van der Waals surface area contributed by atoms with Crippen LogP contribution in [0.4, 0.5) is 11.4 Å². The Labute approximate surface area is 504 Å². The molecule has 1 spiro atoms. The molecule has 2 aliphatic rings. The van der Waals surface area contributed by atoms with Gasteiger partial charge >= 0.3 is 11.9 Å². The van der Waals surface area contributed by atoms with Gasteiger partial charge < -0.3 is 80.9 Å². The van der Waals surface area contributed by atoms with Crippen molar-refractivity contribution in [2.45, 2.75) is 146 Å². The number of unbranched alkanes of at least 4 members (excludes halogenated alkanes) is 2. The summed E-state index contributed by atoms with van der Waals surface area (Å²) in [6, 6.07) is 16.9. The minimum absolute atomic E-state index is 0.0364. The van der Waals surface area contributed by atoms with Gasteiger partial charge in [-0.05, 0) is 120 Å². The van der Waals surface area contributed by atoms with E-state index in [9.17, 15) is 48.3 Å². The molecule has 2 heterocycles. The molecule has 0 fully saturated rings. The zero-order valence-electron chi connectivity index (χ0n) is 49.2. The maximum Gasteiger partial charge on any atom is 0.340 e. The van der Waals surface area contributed by atoms with Crippen molar-refractivity contribution < 1.29 is 57.7 Å². The zero-order valence-corrected chi connectivity index (χ0v) is 49.2. The monoisotopic (exact) mass is 1200 g/mol. The summed E-state index contributed by atoms with van der Waals surface area (Å²) in [7, 11) is 0. The molecule has 87 heavy (non-hydrogen) atoms. The van der Waals surface area contributed by atoms with Crippen LogP contribution >= 0.6 is 0 Å². The number of ether oxygens (including phenoxy) is 2. The molecule has 1 unspecified atom stereocenters. The van der Waals surface area contributed by atoms with Gasteiger partial charge in [0, 0.05) is 59.6 Å². The van der Waals surface area contributed by atoms with Crippen LogP contribution in [0.1, 0.15) is 124 Å². The lowest BCUT2D eigenvalue weighted by Gasteiger charge is -2.37. The molecule has 26 heteroatoms. The number of hydrogen-bond donors (Lipinski definition) is 14. The summed E-state index contributed by atoms with van der Waals surface area (Å²) in [4.78, 5) is 126. The third-order valence-corrected chi connectivity index (χ3v) is 14.8. The molecule has 0 radical (unpaired) electrons. The van der Waals surface area contributed by atoms with Crippen molar-refractivity contribution in [3.05, 3.63) is 119 Å². The molecule has 2 aliphatic heterocycles. The fraction of sp³-hybridized carbons (Fsp3) is 0.443. The number of esters is 1. The lowest BCUT2D eigenvalue weighted by Crippen LogP contribution is -2.59. The van der Waals surface area contributed by atoms with Gasteiger partial charge in [-0.2, -0.15) is 0 Å². The third kappa shape index (κ3) is 18.5. The molecule has 8 atom stereocenters. The van der Waals surface area contributed by atoms with E-state index < -0.39 is 101 Å². The van der Waals surface area contributed by atoms with Crippen molar-refractivity contribution in [3.63, 3.8) is 0 Å². The number of carbonyl (C=O) groups is 9. The van der Waals surface area contributed by atoms with Crippen LogP contribution in [0, 0.1) is 5.92 Å². The van der Waals surface area contributed by atoms with Gasteiger partial charge in [0.15, 0.2) is 11.6 Å². The van der Waals surface area contributed by atoms with E-state index >= 15 is 0 Å². The summed E-state index contributed by atoms with van der Waals surface area (Å²) < 4.78 is 12.8. The first-order valence-corrected chi connectivity index (χ1v) is 29.2. The first-order valence-electron chi connectivity index (χ1n) is 29.2. The number of nitrogens with two attached hydrogens (primary N) is 6. The summed E-state index contributed by atoms with van der Waals surface area (Å²) in [5.74, 6) is -6.43. The number of carboxylic acid groups (broad SMARTS) is 1. The topological polar surface area (TPSA) is 445 Å². The van der Waals surface area contributed by atoms with Gasteiger partial charge in [-0.15, -0.1) is 0 Å². The van der Waals surface area contributed by atoms with E-state index in [2.05, 4.69) is 42.2 Å². The van der Waals surface area contributed by atoms with Crippen LogP contribution < -0.4 is 76.4 Å². The molecule has 4 aromatic rings. The molecule has 26 nitrogen and oxygen atoms in total. The zero-order chi connectivity index (χ0) is 63.4. The summed E-state index contributed by atoms with van der Waals surface area (Å²) in [5, 5.41) is 29.4. The SMILES string of the molecule is CC(C)C[C@H](N)C(=O)Nc1ccc2c(c1)Oc1cc(NC(=O)[C@@H](CCC(N)=O)N[C@@H](CCCCN)C(=O)N[C@@H](C)C(=O)N[C@@H](CCCN=C(N)N)C(=O)N[C@@H](CCCCN)C(=O)N[C@@H](Cc3ccccc3)C(=O)O)ccc1C21OC(=O)c2ccccc21. The molecule has 6 rings (SSSR count). The standard InChI is InChI=1S/C61H82N14O12/c1-34(2)30-43(64)53(78)70-37-21-23-41-49(32-37)86-50-33-38(22-24-42(50)61(41)40-17-8-7-16-39(40)59(85)87-61)71-55(80)47(25-26-51(65)76)72-44(18-9-11-27-62)54(79)69-35(3)52(77)73-46(20-13-29-68-60(66)67)56(81)74-45(19-10-12-28-63)57(82)75-48(58(83)84)31-36-14-5-4-6-15-36/h4-8,14-17,21-24,32-35,43-48,72H,9-13,18-20,25-31,62-64H2,1-3H3,(H2,65,76)(H,69,79)(H,70,78)(H,71,80)(H,73,77)(H,74,81)(H,75,82)(H,83,84)(H4,66,67,68)/t35-,43-,44-,45-,46-,47+,48-,61?/m0/s1. The molecule has 7 amide bonds. The summed E-state index contributed by atoms with van der Waals surface area (Å²) in [6.45, 7) is 5.91. The van der Waals surface area contributed by atoms with Crippen molar-refractivity contribution in [1.29, 1.82) is 0 Å². The normalized spacial score (nSPS) is 16.1. The van der Waals surface area contributed by atoms with E-state index in [4.69, 9.17) is 43.9 Å². The molecule has 20 N–H and O–H groups in total. The maximum atomic E-state index is 14.5. The van der Waals surface area contributed by atoms with Crippen LogP contribution in [-0.4, -0.2) is 126 Å². The molecule has 0 bridgehead atoms. The fourth-order valence-corrected chi connectivity index (χ4v) is 10.3. The number of fused-ring (bicyclic) bond motifs is 6. The second-order valence-electron chi connectivity index (χ2n) is 22.1. The Morgan fingerprint density at radius 1 is 0.586 bits per heavy atom. The lowest BCUT2D eigenvalue weighted by molar-refractivity contribution is -0.142. The van der Waals surface area contributed by atoms with Crippen molar-refractivity contribution in [1.82, 2.24) is 26.6 Å². The minimum Gasteiger partial charge on any atom is -0.480 e. The Balaban J connectivity index is 1.21. The molecule has 4 aromatic carbocycles. The Morgan fingerprint density at radius 3 is 1.69 bits per heavy atom. The van der Waals surface area contributed by atoms with Gasteiger partial charge in [-0.3, -0.25) is 43.9 Å². The Bertz CT molecular complexity index is 3140. The number of anilines is 2. The first kappa shape index (κ1) is 67.2. The van der Waals surface area contributed by atoms with E-state index in [1.807, 2.05) is 13.8 Å².